The molecule has 0 aromatic carbocycles. The predicted octanol–water partition coefficient (Wildman–Crippen LogP) is 3.40. The molecule has 1 fully saturated rings. The summed E-state index contributed by atoms with van der Waals surface area (Å²) in [5.41, 5.74) is 2.43. The zero-order chi connectivity index (χ0) is 25.5. The second kappa shape index (κ2) is 11.9. The predicted molar refractivity (Wildman–Crippen MR) is 140 cm³/mol. The maximum absolute atomic E-state index is 12.2. The summed E-state index contributed by atoms with van der Waals surface area (Å²) in [5, 5.41) is 34.8. The number of anilines is 2. The first-order chi connectivity index (χ1) is 18.1. The summed E-state index contributed by atoms with van der Waals surface area (Å²) in [6.45, 7) is 0. The molecule has 4 heterocycles. The van der Waals surface area contributed by atoms with E-state index in [0.717, 1.165) is 42.1 Å². The standard InChI is InChI=1S/C26H28N8O2S/c35-23(15-19-5-1-3-11-27-19)29-22-10-9-21(31-32-22)14-17-7-8-18(13-17)25-33-34-26(37-25)30-24(36)16-20-6-2-4-12-28-20/h1-6,9-12,17-18,24,36H,7-8,13-16H2,(H,30,34)(H,29,32,35). The Morgan fingerprint density at radius 2 is 1.76 bits per heavy atom. The van der Waals surface area contributed by atoms with E-state index in [4.69, 9.17) is 0 Å². The zero-order valence-corrected chi connectivity index (χ0v) is 21.0. The van der Waals surface area contributed by atoms with E-state index in [1.54, 1.807) is 18.5 Å². The number of rotatable bonds is 10. The van der Waals surface area contributed by atoms with Gasteiger partial charge in [0.25, 0.3) is 0 Å². The van der Waals surface area contributed by atoms with Crippen LogP contribution in [0.1, 0.15) is 47.3 Å². The van der Waals surface area contributed by atoms with Gasteiger partial charge in [0.15, 0.2) is 5.82 Å². The Labute approximate surface area is 218 Å². The van der Waals surface area contributed by atoms with E-state index >= 15 is 0 Å². The molecule has 4 aromatic rings. The van der Waals surface area contributed by atoms with Crippen LogP contribution < -0.4 is 10.6 Å². The van der Waals surface area contributed by atoms with Crippen molar-refractivity contribution in [3.05, 3.63) is 83.0 Å². The maximum Gasteiger partial charge on any atom is 0.231 e. The minimum absolute atomic E-state index is 0.172. The fraction of sp³-hybridized carbons (Fsp3) is 0.346. The van der Waals surface area contributed by atoms with Gasteiger partial charge >= 0.3 is 0 Å². The van der Waals surface area contributed by atoms with Crippen LogP contribution in [0.4, 0.5) is 10.9 Å². The van der Waals surface area contributed by atoms with Crippen molar-refractivity contribution in [1.29, 1.82) is 0 Å². The lowest BCUT2D eigenvalue weighted by Crippen LogP contribution is -2.21. The van der Waals surface area contributed by atoms with Gasteiger partial charge in [-0.05, 0) is 68.0 Å². The molecule has 0 spiro atoms. The molecule has 3 unspecified atom stereocenters. The van der Waals surface area contributed by atoms with Crippen LogP contribution in [0.2, 0.25) is 0 Å². The Kier molecular flexibility index (Phi) is 8.02. The number of nitrogens with zero attached hydrogens (tertiary/aromatic N) is 6. The van der Waals surface area contributed by atoms with Gasteiger partial charge in [-0.2, -0.15) is 5.10 Å². The van der Waals surface area contributed by atoms with E-state index in [1.165, 1.54) is 11.3 Å². The van der Waals surface area contributed by atoms with E-state index in [-0.39, 0.29) is 12.3 Å². The number of carbonyl (C=O) groups excluding carboxylic acids is 1. The molecule has 1 aliphatic rings. The van der Waals surface area contributed by atoms with Crippen LogP contribution in [-0.4, -0.2) is 47.6 Å². The molecule has 0 bridgehead atoms. The normalized spacial score (nSPS) is 17.9. The monoisotopic (exact) mass is 516 g/mol. The lowest BCUT2D eigenvalue weighted by Gasteiger charge is -2.10. The van der Waals surface area contributed by atoms with Crippen molar-refractivity contribution in [2.45, 2.75) is 50.7 Å². The topological polar surface area (TPSA) is 139 Å². The molecular weight excluding hydrogens is 488 g/mol. The van der Waals surface area contributed by atoms with Crippen molar-refractivity contribution in [1.82, 2.24) is 30.4 Å². The first-order valence-corrected chi connectivity index (χ1v) is 13.1. The summed E-state index contributed by atoms with van der Waals surface area (Å²) in [5.74, 6) is 1.10. The zero-order valence-electron chi connectivity index (χ0n) is 20.2. The minimum Gasteiger partial charge on any atom is -0.373 e. The van der Waals surface area contributed by atoms with E-state index in [0.29, 0.717) is 34.9 Å². The molecule has 4 aromatic heterocycles. The lowest BCUT2D eigenvalue weighted by molar-refractivity contribution is -0.115. The Balaban J connectivity index is 1.08. The Hall–Kier alpha value is -3.83. The third-order valence-corrected chi connectivity index (χ3v) is 7.32. The number of aliphatic hydroxyl groups excluding tert-OH is 1. The van der Waals surface area contributed by atoms with Crippen LogP contribution in [0.5, 0.6) is 0 Å². The van der Waals surface area contributed by atoms with Gasteiger partial charge in [-0.15, -0.1) is 15.3 Å². The first kappa shape index (κ1) is 24.8. The summed E-state index contributed by atoms with van der Waals surface area (Å²) in [6.07, 6.45) is 7.17. The molecule has 5 rings (SSSR count). The molecule has 0 aliphatic heterocycles. The van der Waals surface area contributed by atoms with Crippen LogP contribution >= 0.6 is 11.3 Å². The molecule has 1 amide bonds. The van der Waals surface area contributed by atoms with Crippen molar-refractivity contribution >= 4 is 28.2 Å². The number of pyridine rings is 2. The smallest absolute Gasteiger partial charge is 0.231 e. The van der Waals surface area contributed by atoms with Crippen molar-refractivity contribution < 1.29 is 9.90 Å². The molecule has 0 radical (unpaired) electrons. The first-order valence-electron chi connectivity index (χ1n) is 12.3. The summed E-state index contributed by atoms with van der Waals surface area (Å²) in [4.78, 5) is 20.6. The second-order valence-corrected chi connectivity index (χ2v) is 10.2. The number of hydrogen-bond donors (Lipinski definition) is 3. The van der Waals surface area contributed by atoms with Crippen molar-refractivity contribution in [3.63, 3.8) is 0 Å². The van der Waals surface area contributed by atoms with Gasteiger partial charge in [0.1, 0.15) is 11.2 Å². The SMILES string of the molecule is O=C(Cc1ccccn1)Nc1ccc(CC2CCC(c3nnc(NC(O)Cc4ccccn4)s3)C2)nn1. The third kappa shape index (κ3) is 7.11. The Morgan fingerprint density at radius 3 is 2.49 bits per heavy atom. The van der Waals surface area contributed by atoms with Crippen LogP contribution in [0.15, 0.2) is 60.9 Å². The number of hydrogen-bond acceptors (Lipinski definition) is 10. The Morgan fingerprint density at radius 1 is 0.946 bits per heavy atom. The van der Waals surface area contributed by atoms with Crippen molar-refractivity contribution in [3.8, 4) is 0 Å². The van der Waals surface area contributed by atoms with Crippen LogP contribution in [0.25, 0.3) is 0 Å². The summed E-state index contributed by atoms with van der Waals surface area (Å²) in [7, 11) is 0. The van der Waals surface area contributed by atoms with Gasteiger partial charge < -0.3 is 15.7 Å². The molecule has 1 saturated carbocycles. The molecule has 3 N–H and O–H groups in total. The van der Waals surface area contributed by atoms with Crippen LogP contribution in [0, 0.1) is 5.92 Å². The largest absolute Gasteiger partial charge is 0.373 e. The number of amides is 1. The summed E-state index contributed by atoms with van der Waals surface area (Å²) in [6, 6.07) is 14.8. The lowest BCUT2D eigenvalue weighted by atomic mass is 10.00. The second-order valence-electron chi connectivity index (χ2n) is 9.17. The molecule has 10 nitrogen and oxygen atoms in total. The highest BCUT2D eigenvalue weighted by molar-refractivity contribution is 7.15. The highest BCUT2D eigenvalue weighted by Crippen LogP contribution is 2.41. The van der Waals surface area contributed by atoms with E-state index in [9.17, 15) is 9.90 Å². The van der Waals surface area contributed by atoms with Gasteiger partial charge in [-0.3, -0.25) is 14.8 Å². The van der Waals surface area contributed by atoms with Crippen LogP contribution in [-0.2, 0) is 24.1 Å². The maximum atomic E-state index is 12.2. The molecule has 11 heteroatoms. The van der Waals surface area contributed by atoms with Gasteiger partial charge in [0.2, 0.25) is 11.0 Å². The number of nitrogens with one attached hydrogen (secondary N) is 2. The Bertz CT molecular complexity index is 1290. The van der Waals surface area contributed by atoms with E-state index < -0.39 is 6.23 Å². The third-order valence-electron chi connectivity index (χ3n) is 6.30. The summed E-state index contributed by atoms with van der Waals surface area (Å²) < 4.78 is 0. The van der Waals surface area contributed by atoms with E-state index in [2.05, 4.69) is 41.0 Å². The number of aromatic nitrogens is 6. The fourth-order valence-electron chi connectivity index (χ4n) is 4.54. The van der Waals surface area contributed by atoms with Gasteiger partial charge in [0, 0.05) is 36.1 Å². The minimum atomic E-state index is -0.770. The quantitative estimate of drug-likeness (QED) is 0.271. The number of carbonyl (C=O) groups is 1. The van der Waals surface area contributed by atoms with Gasteiger partial charge in [-0.1, -0.05) is 23.5 Å². The van der Waals surface area contributed by atoms with E-state index in [1.807, 2.05) is 42.5 Å². The van der Waals surface area contributed by atoms with Crippen molar-refractivity contribution in [2.24, 2.45) is 5.92 Å². The molecule has 0 saturated heterocycles. The molecule has 190 valence electrons. The highest BCUT2D eigenvalue weighted by atomic mass is 32.1. The van der Waals surface area contributed by atoms with Crippen molar-refractivity contribution in [2.75, 3.05) is 10.6 Å². The van der Waals surface area contributed by atoms with Crippen LogP contribution in [0.3, 0.4) is 0 Å². The molecule has 37 heavy (non-hydrogen) atoms. The molecular formula is C26H28N8O2S. The van der Waals surface area contributed by atoms with Gasteiger partial charge in [0.05, 0.1) is 12.1 Å². The molecule has 3 atom stereocenters. The fourth-order valence-corrected chi connectivity index (χ4v) is 5.48. The molecule has 1 aliphatic carbocycles. The highest BCUT2D eigenvalue weighted by Gasteiger charge is 2.29. The summed E-state index contributed by atoms with van der Waals surface area (Å²) >= 11 is 1.50. The average molecular weight is 517 g/mol. The average Bonchev–Trinajstić information content (AvgIpc) is 3.56. The number of aliphatic hydroxyl groups is 1. The van der Waals surface area contributed by atoms with Gasteiger partial charge in [-0.25, -0.2) is 0 Å².